The minimum absolute atomic E-state index is 0.0445. The number of rotatable bonds is 3. The monoisotopic (exact) mass is 264 g/mol. The third kappa shape index (κ3) is 2.43. The Kier molecular flexibility index (Phi) is 3.25. The Hall–Kier alpha value is -2.55. The van der Waals surface area contributed by atoms with Gasteiger partial charge in [0.05, 0.1) is 5.56 Å². The Balaban J connectivity index is 1.75. The summed E-state index contributed by atoms with van der Waals surface area (Å²) in [6, 6.07) is 15.9. The van der Waals surface area contributed by atoms with Crippen LogP contribution in [-0.2, 0) is 6.54 Å². The van der Waals surface area contributed by atoms with Gasteiger partial charge in [-0.15, -0.1) is 0 Å². The number of hydrogen-bond acceptors (Lipinski definition) is 1. The fraction of sp³-hybridized carbons (Fsp3) is 0.118. The highest BCUT2D eigenvalue weighted by molar-refractivity contribution is 5.95. The lowest BCUT2D eigenvalue weighted by atomic mass is 10.1. The van der Waals surface area contributed by atoms with E-state index in [1.165, 1.54) is 5.56 Å². The Labute approximate surface area is 117 Å². The molecule has 0 aliphatic heterocycles. The van der Waals surface area contributed by atoms with Crippen LogP contribution in [0.15, 0.2) is 60.9 Å². The summed E-state index contributed by atoms with van der Waals surface area (Å²) in [5.41, 5.74) is 4.04. The SMILES string of the molecule is Cc1ccccc1CNC(=O)c1cc2ccccn2c1. The number of carbonyl (C=O) groups excluding carboxylic acids is 1. The third-order valence-electron chi connectivity index (χ3n) is 3.47. The number of nitrogens with zero attached hydrogens (tertiary/aromatic N) is 1. The van der Waals surface area contributed by atoms with Crippen molar-refractivity contribution in [2.24, 2.45) is 0 Å². The van der Waals surface area contributed by atoms with Gasteiger partial charge in [0.2, 0.25) is 0 Å². The number of aromatic nitrogens is 1. The van der Waals surface area contributed by atoms with E-state index in [4.69, 9.17) is 0 Å². The summed E-state index contributed by atoms with van der Waals surface area (Å²) in [4.78, 5) is 12.2. The summed E-state index contributed by atoms with van der Waals surface area (Å²) < 4.78 is 1.95. The van der Waals surface area contributed by atoms with Gasteiger partial charge in [0.15, 0.2) is 0 Å². The first kappa shape index (κ1) is 12.5. The average molecular weight is 264 g/mol. The summed E-state index contributed by atoms with van der Waals surface area (Å²) in [5, 5.41) is 2.96. The van der Waals surface area contributed by atoms with Gasteiger partial charge in [-0.25, -0.2) is 0 Å². The first-order valence-electron chi connectivity index (χ1n) is 6.63. The number of hydrogen-bond donors (Lipinski definition) is 1. The van der Waals surface area contributed by atoms with Crippen LogP contribution in [-0.4, -0.2) is 10.3 Å². The minimum atomic E-state index is -0.0445. The van der Waals surface area contributed by atoms with E-state index in [1.807, 2.05) is 72.2 Å². The van der Waals surface area contributed by atoms with Crippen molar-refractivity contribution in [3.63, 3.8) is 0 Å². The molecule has 1 N–H and O–H groups in total. The second-order valence-corrected chi connectivity index (χ2v) is 4.87. The summed E-state index contributed by atoms with van der Waals surface area (Å²) in [5.74, 6) is -0.0445. The molecule has 0 aliphatic carbocycles. The standard InChI is InChI=1S/C17H16N2O/c1-13-6-2-3-7-14(13)11-18-17(20)15-10-16-8-4-5-9-19(16)12-15/h2-10,12H,11H2,1H3,(H,18,20). The minimum Gasteiger partial charge on any atom is -0.348 e. The van der Waals surface area contributed by atoms with Crippen molar-refractivity contribution in [2.75, 3.05) is 0 Å². The van der Waals surface area contributed by atoms with Crippen LogP contribution in [0.3, 0.4) is 0 Å². The molecule has 1 aromatic carbocycles. The van der Waals surface area contributed by atoms with Gasteiger partial charge >= 0.3 is 0 Å². The first-order valence-corrected chi connectivity index (χ1v) is 6.63. The van der Waals surface area contributed by atoms with Crippen LogP contribution >= 0.6 is 0 Å². The highest BCUT2D eigenvalue weighted by Gasteiger charge is 2.08. The van der Waals surface area contributed by atoms with Crippen LogP contribution in [0.25, 0.3) is 5.52 Å². The molecule has 2 heterocycles. The Morgan fingerprint density at radius 2 is 1.95 bits per heavy atom. The quantitative estimate of drug-likeness (QED) is 0.774. The Morgan fingerprint density at radius 3 is 2.75 bits per heavy atom. The summed E-state index contributed by atoms with van der Waals surface area (Å²) in [6.45, 7) is 2.60. The van der Waals surface area contributed by atoms with Crippen LogP contribution < -0.4 is 5.32 Å². The predicted octanol–water partition coefficient (Wildman–Crippen LogP) is 3.18. The fourth-order valence-corrected chi connectivity index (χ4v) is 2.27. The second kappa shape index (κ2) is 5.21. The zero-order chi connectivity index (χ0) is 13.9. The molecule has 3 heteroatoms. The van der Waals surface area contributed by atoms with Crippen LogP contribution in [0.5, 0.6) is 0 Å². The predicted molar refractivity (Wildman–Crippen MR) is 79.7 cm³/mol. The van der Waals surface area contributed by atoms with Gasteiger partial charge in [-0.1, -0.05) is 30.3 Å². The van der Waals surface area contributed by atoms with E-state index in [1.54, 1.807) is 0 Å². The van der Waals surface area contributed by atoms with Gasteiger partial charge < -0.3 is 9.72 Å². The molecule has 0 saturated heterocycles. The lowest BCUT2D eigenvalue weighted by Gasteiger charge is -2.06. The lowest BCUT2D eigenvalue weighted by molar-refractivity contribution is 0.0951. The second-order valence-electron chi connectivity index (χ2n) is 4.87. The molecule has 0 spiro atoms. The maximum Gasteiger partial charge on any atom is 0.253 e. The molecule has 0 unspecified atom stereocenters. The largest absolute Gasteiger partial charge is 0.348 e. The highest BCUT2D eigenvalue weighted by atomic mass is 16.1. The van der Waals surface area contributed by atoms with Gasteiger partial charge in [-0.2, -0.15) is 0 Å². The van der Waals surface area contributed by atoms with Crippen molar-refractivity contribution in [3.8, 4) is 0 Å². The molecule has 0 bridgehead atoms. The Morgan fingerprint density at radius 1 is 1.15 bits per heavy atom. The van der Waals surface area contributed by atoms with Gasteiger partial charge in [0, 0.05) is 24.5 Å². The molecule has 0 aliphatic rings. The van der Waals surface area contributed by atoms with E-state index in [2.05, 4.69) is 5.32 Å². The van der Waals surface area contributed by atoms with Gasteiger partial charge in [0.1, 0.15) is 0 Å². The van der Waals surface area contributed by atoms with Gasteiger partial charge in [-0.3, -0.25) is 4.79 Å². The first-order chi connectivity index (χ1) is 9.74. The molecule has 1 amide bonds. The molecule has 3 nitrogen and oxygen atoms in total. The van der Waals surface area contributed by atoms with E-state index in [9.17, 15) is 4.79 Å². The summed E-state index contributed by atoms with van der Waals surface area (Å²) in [6.07, 6.45) is 3.79. The number of pyridine rings is 1. The molecule has 0 fully saturated rings. The van der Waals surface area contributed by atoms with Crippen LogP contribution in [0, 0.1) is 6.92 Å². The maximum absolute atomic E-state index is 12.2. The summed E-state index contributed by atoms with van der Waals surface area (Å²) in [7, 11) is 0. The number of amides is 1. The molecule has 100 valence electrons. The molecular formula is C17H16N2O. The summed E-state index contributed by atoms with van der Waals surface area (Å²) >= 11 is 0. The molecule has 2 aromatic heterocycles. The maximum atomic E-state index is 12.2. The van der Waals surface area contributed by atoms with Crippen molar-refractivity contribution in [2.45, 2.75) is 13.5 Å². The van der Waals surface area contributed by atoms with E-state index in [0.717, 1.165) is 11.1 Å². The van der Waals surface area contributed by atoms with E-state index < -0.39 is 0 Å². The van der Waals surface area contributed by atoms with Crippen molar-refractivity contribution < 1.29 is 4.79 Å². The smallest absolute Gasteiger partial charge is 0.253 e. The van der Waals surface area contributed by atoms with Crippen molar-refractivity contribution in [1.29, 1.82) is 0 Å². The van der Waals surface area contributed by atoms with E-state index in [-0.39, 0.29) is 5.91 Å². The zero-order valence-corrected chi connectivity index (χ0v) is 11.3. The van der Waals surface area contributed by atoms with Crippen molar-refractivity contribution >= 4 is 11.4 Å². The topological polar surface area (TPSA) is 33.5 Å². The number of benzene rings is 1. The highest BCUT2D eigenvalue weighted by Crippen LogP contribution is 2.10. The zero-order valence-electron chi connectivity index (χ0n) is 11.3. The van der Waals surface area contributed by atoms with Gasteiger partial charge in [-0.05, 0) is 36.2 Å². The third-order valence-corrected chi connectivity index (χ3v) is 3.47. The molecule has 0 saturated carbocycles. The molecule has 0 radical (unpaired) electrons. The van der Waals surface area contributed by atoms with Crippen molar-refractivity contribution in [1.82, 2.24) is 9.72 Å². The van der Waals surface area contributed by atoms with Crippen LogP contribution in [0.2, 0.25) is 0 Å². The molecule has 0 atom stereocenters. The average Bonchev–Trinajstić information content (AvgIpc) is 2.90. The molecule has 3 rings (SSSR count). The normalized spacial score (nSPS) is 10.7. The molecule has 3 aromatic rings. The fourth-order valence-electron chi connectivity index (χ4n) is 2.27. The van der Waals surface area contributed by atoms with Gasteiger partial charge in [0.25, 0.3) is 5.91 Å². The Bertz CT molecular complexity index is 725. The number of fused-ring (bicyclic) bond motifs is 1. The lowest BCUT2D eigenvalue weighted by Crippen LogP contribution is -2.22. The van der Waals surface area contributed by atoms with Crippen molar-refractivity contribution in [3.05, 3.63) is 77.6 Å². The number of carbonyl (C=O) groups is 1. The molecule has 20 heavy (non-hydrogen) atoms. The molecular weight excluding hydrogens is 248 g/mol. The number of aryl methyl sites for hydroxylation is 1. The van der Waals surface area contributed by atoms with E-state index >= 15 is 0 Å². The van der Waals surface area contributed by atoms with E-state index in [0.29, 0.717) is 12.1 Å². The van der Waals surface area contributed by atoms with Crippen LogP contribution in [0.4, 0.5) is 0 Å². The van der Waals surface area contributed by atoms with Crippen LogP contribution in [0.1, 0.15) is 21.5 Å². The number of nitrogens with one attached hydrogen (secondary N) is 1.